The molecule has 0 amide bonds. The van der Waals surface area contributed by atoms with E-state index in [1.165, 1.54) is 38.4 Å². The van der Waals surface area contributed by atoms with Gasteiger partial charge in [-0.3, -0.25) is 0 Å². The summed E-state index contributed by atoms with van der Waals surface area (Å²) < 4.78 is 22.6. The molecular weight excluding hydrogens is 210 g/mol. The van der Waals surface area contributed by atoms with Gasteiger partial charge in [0.2, 0.25) is 0 Å². The van der Waals surface area contributed by atoms with Gasteiger partial charge in [-0.1, -0.05) is 26.2 Å². The van der Waals surface area contributed by atoms with E-state index in [4.69, 9.17) is 0 Å². The van der Waals surface area contributed by atoms with Crippen molar-refractivity contribution in [3.8, 4) is 0 Å². The third-order valence-electron chi connectivity index (χ3n) is 3.17. The Morgan fingerprint density at radius 1 is 1.27 bits per heavy atom. The van der Waals surface area contributed by atoms with Gasteiger partial charge in [-0.25, -0.2) is 8.42 Å². The second-order valence-corrected chi connectivity index (χ2v) is 6.84. The first kappa shape index (κ1) is 13.0. The summed E-state index contributed by atoms with van der Waals surface area (Å²) in [6.45, 7) is 2.90. The number of hydrogen-bond donors (Lipinski definition) is 1. The third kappa shape index (κ3) is 4.98. The average Bonchev–Trinajstić information content (AvgIpc) is 2.17. The standard InChI is InChI=1S/C11H23NO2S/c1-3-12-11(9-15(2,13)14)10-7-5-4-6-8-10/h10-12H,3-9H2,1-2H3. The van der Waals surface area contributed by atoms with Gasteiger partial charge in [-0.05, 0) is 25.3 Å². The average molecular weight is 233 g/mol. The maximum Gasteiger partial charge on any atom is 0.148 e. The Morgan fingerprint density at radius 3 is 2.33 bits per heavy atom. The number of rotatable bonds is 5. The molecule has 1 aliphatic carbocycles. The SMILES string of the molecule is CCNC(CS(C)(=O)=O)C1CCCCC1. The maximum absolute atomic E-state index is 11.3. The first-order valence-corrected chi connectivity index (χ1v) is 8.00. The highest BCUT2D eigenvalue weighted by molar-refractivity contribution is 7.90. The summed E-state index contributed by atoms with van der Waals surface area (Å²) in [6, 6.07) is 0.172. The van der Waals surface area contributed by atoms with Crippen LogP contribution < -0.4 is 5.32 Å². The van der Waals surface area contributed by atoms with Crippen LogP contribution in [0.3, 0.4) is 0 Å². The second-order valence-electron chi connectivity index (χ2n) is 4.65. The zero-order valence-corrected chi connectivity index (χ0v) is 10.6. The van der Waals surface area contributed by atoms with Crippen LogP contribution in [0.5, 0.6) is 0 Å². The minimum absolute atomic E-state index is 0.172. The fourth-order valence-corrected chi connectivity index (χ4v) is 3.53. The molecule has 0 aromatic heterocycles. The molecule has 1 atom stereocenters. The van der Waals surface area contributed by atoms with Gasteiger partial charge in [0.05, 0.1) is 5.75 Å². The van der Waals surface area contributed by atoms with E-state index in [2.05, 4.69) is 5.32 Å². The Morgan fingerprint density at radius 2 is 1.87 bits per heavy atom. The first-order valence-electron chi connectivity index (χ1n) is 5.94. The summed E-state index contributed by atoms with van der Waals surface area (Å²) in [5.74, 6) is 0.860. The quantitative estimate of drug-likeness (QED) is 0.784. The fourth-order valence-electron chi connectivity index (χ4n) is 2.49. The Labute approximate surface area is 93.6 Å². The van der Waals surface area contributed by atoms with E-state index < -0.39 is 9.84 Å². The molecule has 0 spiro atoms. The summed E-state index contributed by atoms with van der Waals surface area (Å²) in [6.07, 6.45) is 7.54. The van der Waals surface area contributed by atoms with Crippen molar-refractivity contribution in [2.24, 2.45) is 5.92 Å². The van der Waals surface area contributed by atoms with E-state index in [0.717, 1.165) is 6.54 Å². The lowest BCUT2D eigenvalue weighted by atomic mass is 9.84. The molecule has 0 aromatic rings. The third-order valence-corrected chi connectivity index (χ3v) is 4.13. The maximum atomic E-state index is 11.3. The molecular formula is C11H23NO2S. The molecule has 1 fully saturated rings. The van der Waals surface area contributed by atoms with Crippen molar-refractivity contribution in [2.45, 2.75) is 45.1 Å². The first-order chi connectivity index (χ1) is 7.03. The van der Waals surface area contributed by atoms with Gasteiger partial charge in [0, 0.05) is 12.3 Å². The molecule has 1 saturated carbocycles. The molecule has 1 unspecified atom stereocenters. The lowest BCUT2D eigenvalue weighted by Gasteiger charge is -2.30. The van der Waals surface area contributed by atoms with Crippen LogP contribution in [0.25, 0.3) is 0 Å². The van der Waals surface area contributed by atoms with Gasteiger partial charge in [0.1, 0.15) is 9.84 Å². The van der Waals surface area contributed by atoms with Crippen molar-refractivity contribution in [3.63, 3.8) is 0 Å². The second kappa shape index (κ2) is 5.85. The van der Waals surface area contributed by atoms with Crippen LogP contribution in [0.4, 0.5) is 0 Å². The zero-order chi connectivity index (χ0) is 11.3. The van der Waals surface area contributed by atoms with Crippen molar-refractivity contribution in [3.05, 3.63) is 0 Å². The van der Waals surface area contributed by atoms with E-state index in [1.54, 1.807) is 0 Å². The normalized spacial score (nSPS) is 21.5. The van der Waals surface area contributed by atoms with Crippen LogP contribution in [0, 0.1) is 5.92 Å². The molecule has 1 rings (SSSR count). The van der Waals surface area contributed by atoms with Crippen LogP contribution in [0.2, 0.25) is 0 Å². The van der Waals surface area contributed by atoms with Crippen LogP contribution in [0.15, 0.2) is 0 Å². The van der Waals surface area contributed by atoms with Crippen molar-refractivity contribution >= 4 is 9.84 Å². The summed E-state index contributed by atoms with van der Waals surface area (Å²) in [4.78, 5) is 0. The summed E-state index contributed by atoms with van der Waals surface area (Å²) >= 11 is 0. The molecule has 1 aliphatic rings. The Kier molecular flexibility index (Phi) is 5.06. The Balaban J connectivity index is 2.55. The fraction of sp³-hybridized carbons (Fsp3) is 1.00. The predicted molar refractivity (Wildman–Crippen MR) is 63.8 cm³/mol. The topological polar surface area (TPSA) is 46.2 Å². The lowest BCUT2D eigenvalue weighted by Crippen LogP contribution is -2.42. The van der Waals surface area contributed by atoms with Crippen LogP contribution in [0.1, 0.15) is 39.0 Å². The van der Waals surface area contributed by atoms with Gasteiger partial charge in [0.25, 0.3) is 0 Å². The van der Waals surface area contributed by atoms with E-state index in [0.29, 0.717) is 11.7 Å². The molecule has 4 heteroatoms. The summed E-state index contributed by atoms with van der Waals surface area (Å²) in [5, 5.41) is 3.33. The minimum Gasteiger partial charge on any atom is -0.313 e. The summed E-state index contributed by atoms with van der Waals surface area (Å²) in [7, 11) is -2.86. The largest absolute Gasteiger partial charge is 0.313 e. The Hall–Kier alpha value is -0.0900. The lowest BCUT2D eigenvalue weighted by molar-refractivity contribution is 0.286. The molecule has 0 bridgehead atoms. The highest BCUT2D eigenvalue weighted by Crippen LogP contribution is 2.27. The van der Waals surface area contributed by atoms with Crippen molar-refractivity contribution in [2.75, 3.05) is 18.6 Å². The predicted octanol–water partition coefficient (Wildman–Crippen LogP) is 1.59. The monoisotopic (exact) mass is 233 g/mol. The van der Waals surface area contributed by atoms with Crippen LogP contribution >= 0.6 is 0 Å². The summed E-state index contributed by atoms with van der Waals surface area (Å²) in [5.41, 5.74) is 0. The van der Waals surface area contributed by atoms with Crippen molar-refractivity contribution < 1.29 is 8.42 Å². The highest BCUT2D eigenvalue weighted by Gasteiger charge is 2.25. The molecule has 0 saturated heterocycles. The number of hydrogen-bond acceptors (Lipinski definition) is 3. The van der Waals surface area contributed by atoms with E-state index in [-0.39, 0.29) is 6.04 Å². The smallest absolute Gasteiger partial charge is 0.148 e. The number of nitrogens with one attached hydrogen (secondary N) is 1. The molecule has 0 aromatic carbocycles. The van der Waals surface area contributed by atoms with Gasteiger partial charge >= 0.3 is 0 Å². The van der Waals surface area contributed by atoms with Gasteiger partial charge in [-0.15, -0.1) is 0 Å². The minimum atomic E-state index is -2.86. The Bertz CT molecular complexity index is 268. The van der Waals surface area contributed by atoms with E-state index in [9.17, 15) is 8.42 Å². The van der Waals surface area contributed by atoms with Gasteiger partial charge in [-0.2, -0.15) is 0 Å². The molecule has 90 valence electrons. The highest BCUT2D eigenvalue weighted by atomic mass is 32.2. The molecule has 1 N–H and O–H groups in total. The zero-order valence-electron chi connectivity index (χ0n) is 9.83. The molecule has 3 nitrogen and oxygen atoms in total. The van der Waals surface area contributed by atoms with Crippen LogP contribution in [-0.4, -0.2) is 33.0 Å². The molecule has 15 heavy (non-hydrogen) atoms. The van der Waals surface area contributed by atoms with Gasteiger partial charge in [0.15, 0.2) is 0 Å². The van der Waals surface area contributed by atoms with E-state index >= 15 is 0 Å². The van der Waals surface area contributed by atoms with Crippen LogP contribution in [-0.2, 0) is 9.84 Å². The molecule has 0 radical (unpaired) electrons. The number of sulfone groups is 1. The van der Waals surface area contributed by atoms with Crippen molar-refractivity contribution in [1.29, 1.82) is 0 Å². The van der Waals surface area contributed by atoms with Crippen molar-refractivity contribution in [1.82, 2.24) is 5.32 Å². The molecule has 0 heterocycles. The molecule has 0 aliphatic heterocycles. The van der Waals surface area contributed by atoms with Gasteiger partial charge < -0.3 is 5.32 Å². The van der Waals surface area contributed by atoms with E-state index in [1.807, 2.05) is 6.92 Å².